The van der Waals surface area contributed by atoms with E-state index in [1.807, 2.05) is 0 Å². The maximum atomic E-state index is 12.9. The molecule has 0 aliphatic heterocycles. The summed E-state index contributed by atoms with van der Waals surface area (Å²) >= 11 is 0. The fourth-order valence-corrected chi connectivity index (χ4v) is 1.93. The van der Waals surface area contributed by atoms with Crippen LogP contribution in [0, 0.1) is 5.82 Å². The number of nitrogen functional groups attached to an aromatic ring is 1. The fourth-order valence-electron chi connectivity index (χ4n) is 0.930. The van der Waals surface area contributed by atoms with Gasteiger partial charge in [-0.3, -0.25) is 0 Å². The van der Waals surface area contributed by atoms with Crippen molar-refractivity contribution in [2.75, 3.05) is 5.73 Å². The van der Waals surface area contributed by atoms with E-state index in [9.17, 15) is 12.8 Å². The maximum Gasteiger partial charge on any atom is 0.287 e. The number of para-hydroxylation sites is 1. The molecule has 0 bridgehead atoms. The van der Waals surface area contributed by atoms with Gasteiger partial charge in [-0.05, 0) is 12.1 Å². The molecule has 6 nitrogen and oxygen atoms in total. The molecular formula is C7H9FN4O2S. The summed E-state index contributed by atoms with van der Waals surface area (Å²) in [6.07, 6.45) is 0. The molecule has 1 aromatic rings. The number of rotatable bonds is 2. The first-order valence-corrected chi connectivity index (χ1v) is 5.18. The molecule has 0 unspecified atom stereocenters. The Bertz CT molecular complexity index is 508. The zero-order chi connectivity index (χ0) is 11.6. The first-order chi connectivity index (χ1) is 6.84. The number of guanidine groups is 1. The molecule has 0 aromatic heterocycles. The molecule has 0 aliphatic rings. The van der Waals surface area contributed by atoms with Gasteiger partial charge in [0.15, 0.2) is 0 Å². The predicted molar refractivity (Wildman–Crippen MR) is 53.8 cm³/mol. The van der Waals surface area contributed by atoms with Crippen LogP contribution < -0.4 is 17.2 Å². The summed E-state index contributed by atoms with van der Waals surface area (Å²) in [6, 6.07) is 3.34. The van der Waals surface area contributed by atoms with Gasteiger partial charge in [-0.2, -0.15) is 8.42 Å². The molecule has 8 heteroatoms. The Morgan fingerprint density at radius 1 is 1.33 bits per heavy atom. The van der Waals surface area contributed by atoms with E-state index in [1.54, 1.807) is 0 Å². The monoisotopic (exact) mass is 232 g/mol. The van der Waals surface area contributed by atoms with Gasteiger partial charge >= 0.3 is 0 Å². The molecule has 1 aromatic carbocycles. The summed E-state index contributed by atoms with van der Waals surface area (Å²) in [5, 5.41) is 0. The van der Waals surface area contributed by atoms with Crippen LogP contribution in [-0.2, 0) is 10.0 Å². The van der Waals surface area contributed by atoms with Gasteiger partial charge in [0.25, 0.3) is 10.0 Å². The van der Waals surface area contributed by atoms with E-state index in [2.05, 4.69) is 4.40 Å². The number of benzene rings is 1. The molecule has 0 atom stereocenters. The number of hydrogen-bond donors (Lipinski definition) is 3. The summed E-state index contributed by atoms with van der Waals surface area (Å²) in [5.74, 6) is -1.49. The van der Waals surface area contributed by atoms with E-state index in [1.165, 1.54) is 6.07 Å². The van der Waals surface area contributed by atoms with Crippen molar-refractivity contribution < 1.29 is 12.8 Å². The minimum atomic E-state index is -4.14. The van der Waals surface area contributed by atoms with Crippen molar-refractivity contribution in [2.24, 2.45) is 15.9 Å². The van der Waals surface area contributed by atoms with Gasteiger partial charge in [0.2, 0.25) is 5.96 Å². The Balaban J connectivity index is 3.41. The lowest BCUT2D eigenvalue weighted by Crippen LogP contribution is -2.24. The van der Waals surface area contributed by atoms with Crippen molar-refractivity contribution in [3.05, 3.63) is 24.0 Å². The highest BCUT2D eigenvalue weighted by atomic mass is 32.2. The standard InChI is InChI=1S/C7H9FN4O2S/c8-4-2-1-3-5(6(4)9)15(13,14)12-7(10)11/h1-3H,9H2,(H4,10,11,12). The Kier molecular flexibility index (Phi) is 2.80. The number of halogens is 1. The Labute approximate surface area is 85.6 Å². The van der Waals surface area contributed by atoms with Crippen molar-refractivity contribution in [1.29, 1.82) is 0 Å². The van der Waals surface area contributed by atoms with Crippen molar-refractivity contribution in [3.8, 4) is 0 Å². The molecule has 0 aliphatic carbocycles. The lowest BCUT2D eigenvalue weighted by Gasteiger charge is -2.03. The third kappa shape index (κ3) is 2.34. The van der Waals surface area contributed by atoms with Crippen LogP contribution in [-0.4, -0.2) is 14.4 Å². The smallest absolute Gasteiger partial charge is 0.287 e. The van der Waals surface area contributed by atoms with Gasteiger partial charge in [-0.1, -0.05) is 6.07 Å². The van der Waals surface area contributed by atoms with Gasteiger partial charge < -0.3 is 17.2 Å². The third-order valence-corrected chi connectivity index (χ3v) is 2.88. The number of sulfonamides is 1. The normalized spacial score (nSPS) is 11.0. The van der Waals surface area contributed by atoms with Crippen molar-refractivity contribution in [2.45, 2.75) is 4.90 Å². The van der Waals surface area contributed by atoms with E-state index < -0.39 is 32.4 Å². The molecule has 0 heterocycles. The second-order valence-electron chi connectivity index (χ2n) is 2.64. The van der Waals surface area contributed by atoms with Crippen LogP contribution in [0.2, 0.25) is 0 Å². The van der Waals surface area contributed by atoms with Crippen LogP contribution in [0.4, 0.5) is 10.1 Å². The third-order valence-electron chi connectivity index (χ3n) is 1.52. The zero-order valence-corrected chi connectivity index (χ0v) is 8.33. The lowest BCUT2D eigenvalue weighted by molar-refractivity contribution is 0.594. The zero-order valence-electron chi connectivity index (χ0n) is 7.51. The first-order valence-electron chi connectivity index (χ1n) is 3.74. The quantitative estimate of drug-likeness (QED) is 0.355. The van der Waals surface area contributed by atoms with E-state index in [0.717, 1.165) is 12.1 Å². The highest BCUT2D eigenvalue weighted by Gasteiger charge is 2.18. The van der Waals surface area contributed by atoms with Crippen LogP contribution in [0.5, 0.6) is 0 Å². The summed E-state index contributed by atoms with van der Waals surface area (Å²) in [6.45, 7) is 0. The largest absolute Gasteiger partial charge is 0.395 e. The molecule has 0 saturated heterocycles. The highest BCUT2D eigenvalue weighted by Crippen LogP contribution is 2.22. The summed E-state index contributed by atoms with van der Waals surface area (Å²) in [5.41, 5.74) is 14.6. The Hall–Kier alpha value is -1.83. The van der Waals surface area contributed by atoms with Crippen LogP contribution in [0.15, 0.2) is 27.5 Å². The summed E-state index contributed by atoms with van der Waals surface area (Å²) in [7, 11) is -4.14. The number of anilines is 1. The average molecular weight is 232 g/mol. The lowest BCUT2D eigenvalue weighted by atomic mass is 10.3. The molecule has 1 rings (SSSR count). The molecule has 0 saturated carbocycles. The molecule has 0 radical (unpaired) electrons. The van der Waals surface area contributed by atoms with Gasteiger partial charge in [-0.15, -0.1) is 4.40 Å². The van der Waals surface area contributed by atoms with Gasteiger partial charge in [-0.25, -0.2) is 4.39 Å². The Morgan fingerprint density at radius 3 is 2.47 bits per heavy atom. The minimum absolute atomic E-state index is 0.462. The van der Waals surface area contributed by atoms with Crippen LogP contribution in [0.25, 0.3) is 0 Å². The van der Waals surface area contributed by atoms with E-state index in [4.69, 9.17) is 17.2 Å². The Morgan fingerprint density at radius 2 is 1.93 bits per heavy atom. The highest BCUT2D eigenvalue weighted by molar-refractivity contribution is 7.90. The molecule has 0 amide bonds. The maximum absolute atomic E-state index is 12.9. The van der Waals surface area contributed by atoms with E-state index in [0.29, 0.717) is 0 Å². The summed E-state index contributed by atoms with van der Waals surface area (Å²) < 4.78 is 38.8. The minimum Gasteiger partial charge on any atom is -0.395 e. The van der Waals surface area contributed by atoms with Crippen molar-refractivity contribution >= 4 is 21.7 Å². The van der Waals surface area contributed by atoms with Crippen molar-refractivity contribution in [1.82, 2.24) is 0 Å². The van der Waals surface area contributed by atoms with Crippen LogP contribution in [0.1, 0.15) is 0 Å². The summed E-state index contributed by atoms with van der Waals surface area (Å²) in [4.78, 5) is -0.462. The van der Waals surface area contributed by atoms with E-state index in [-0.39, 0.29) is 0 Å². The van der Waals surface area contributed by atoms with Gasteiger partial charge in [0, 0.05) is 0 Å². The second kappa shape index (κ2) is 3.73. The van der Waals surface area contributed by atoms with E-state index >= 15 is 0 Å². The number of hydrogen-bond acceptors (Lipinski definition) is 3. The average Bonchev–Trinajstić information content (AvgIpc) is 2.07. The number of nitrogens with zero attached hydrogens (tertiary/aromatic N) is 1. The predicted octanol–water partition coefficient (Wildman–Crippen LogP) is -0.630. The topological polar surface area (TPSA) is 125 Å². The van der Waals surface area contributed by atoms with Gasteiger partial charge in [0.05, 0.1) is 5.69 Å². The van der Waals surface area contributed by atoms with Crippen LogP contribution >= 0.6 is 0 Å². The molecule has 0 fully saturated rings. The van der Waals surface area contributed by atoms with Gasteiger partial charge in [0.1, 0.15) is 10.7 Å². The molecular weight excluding hydrogens is 223 g/mol. The fraction of sp³-hybridized carbons (Fsp3) is 0. The second-order valence-corrected chi connectivity index (χ2v) is 4.22. The molecule has 82 valence electrons. The molecule has 6 N–H and O–H groups in total. The molecule has 15 heavy (non-hydrogen) atoms. The first kappa shape index (κ1) is 11.2. The van der Waals surface area contributed by atoms with Crippen molar-refractivity contribution in [3.63, 3.8) is 0 Å². The van der Waals surface area contributed by atoms with Crippen LogP contribution in [0.3, 0.4) is 0 Å². The SMILES string of the molecule is NC(N)=NS(=O)(=O)c1cccc(F)c1N. The number of nitrogens with two attached hydrogens (primary N) is 3. The molecule has 0 spiro atoms.